The molecule has 0 bridgehead atoms. The zero-order valence-electron chi connectivity index (χ0n) is 14.8. The van der Waals surface area contributed by atoms with Gasteiger partial charge in [0.25, 0.3) is 0 Å². The highest BCUT2D eigenvalue weighted by Gasteiger charge is 2.09. The van der Waals surface area contributed by atoms with Gasteiger partial charge >= 0.3 is 5.97 Å². The fraction of sp³-hybridized carbons (Fsp3) is 0.421. The van der Waals surface area contributed by atoms with E-state index >= 15 is 0 Å². The van der Waals surface area contributed by atoms with Gasteiger partial charge in [0.05, 0.1) is 19.2 Å². The number of nitrogens with zero attached hydrogens (tertiary/aromatic N) is 1. The summed E-state index contributed by atoms with van der Waals surface area (Å²) in [4.78, 5) is 27.5. The molecule has 0 spiro atoms. The Bertz CT molecular complexity index is 733. The van der Waals surface area contributed by atoms with E-state index in [1.165, 1.54) is 7.11 Å². The van der Waals surface area contributed by atoms with Crippen LogP contribution >= 0.6 is 27.3 Å². The summed E-state index contributed by atoms with van der Waals surface area (Å²) in [6.07, 6.45) is 4.46. The molecule has 7 heteroatoms. The molecule has 0 aliphatic carbocycles. The molecule has 2 rings (SSSR count). The molecule has 1 aromatic carbocycles. The van der Waals surface area contributed by atoms with Crippen molar-refractivity contribution in [2.24, 2.45) is 0 Å². The van der Waals surface area contributed by atoms with Gasteiger partial charge < -0.3 is 10.1 Å². The minimum Gasteiger partial charge on any atom is -0.469 e. The summed E-state index contributed by atoms with van der Waals surface area (Å²) in [6.45, 7) is 0.652. The first-order valence-corrected chi connectivity index (χ1v) is 10.3. The predicted octanol–water partition coefficient (Wildman–Crippen LogP) is 4.35. The van der Waals surface area contributed by atoms with Crippen molar-refractivity contribution in [3.05, 3.63) is 39.8 Å². The smallest absolute Gasteiger partial charge is 0.305 e. The number of unbranched alkanes of at least 4 members (excludes halogenated alkanes) is 3. The van der Waals surface area contributed by atoms with Gasteiger partial charge in [0.15, 0.2) is 0 Å². The van der Waals surface area contributed by atoms with Gasteiger partial charge in [0, 0.05) is 28.4 Å². The Labute approximate surface area is 166 Å². The molecule has 0 atom stereocenters. The summed E-state index contributed by atoms with van der Waals surface area (Å²) in [5.41, 5.74) is 1.84. The molecule has 1 amide bonds. The molecule has 0 radical (unpaired) electrons. The molecule has 1 N–H and O–H groups in total. The molecule has 0 aliphatic rings. The lowest BCUT2D eigenvalue weighted by atomic mass is 10.1. The number of hydrogen-bond acceptors (Lipinski definition) is 5. The van der Waals surface area contributed by atoms with Crippen LogP contribution in [0.25, 0.3) is 10.6 Å². The van der Waals surface area contributed by atoms with E-state index in [0.717, 1.165) is 46.4 Å². The van der Waals surface area contributed by atoms with Crippen LogP contribution in [-0.2, 0) is 20.7 Å². The number of benzene rings is 1. The van der Waals surface area contributed by atoms with Crippen LogP contribution in [0.2, 0.25) is 0 Å². The van der Waals surface area contributed by atoms with E-state index in [1.54, 1.807) is 11.3 Å². The molecule has 5 nitrogen and oxygen atoms in total. The summed E-state index contributed by atoms with van der Waals surface area (Å²) in [6, 6.07) is 7.97. The predicted molar refractivity (Wildman–Crippen MR) is 107 cm³/mol. The molecular formula is C19H23BrN2O3S. The molecule has 0 saturated carbocycles. The highest BCUT2D eigenvalue weighted by Crippen LogP contribution is 2.26. The molecule has 0 unspecified atom stereocenters. The number of halogens is 1. The van der Waals surface area contributed by atoms with Crippen molar-refractivity contribution in [3.63, 3.8) is 0 Å². The molecule has 26 heavy (non-hydrogen) atoms. The fourth-order valence-corrected chi connectivity index (χ4v) is 3.66. The average Bonchev–Trinajstić information content (AvgIpc) is 3.09. The van der Waals surface area contributed by atoms with Gasteiger partial charge in [-0.2, -0.15) is 0 Å². The second kappa shape index (κ2) is 11.1. The first-order valence-electron chi connectivity index (χ1n) is 8.62. The zero-order chi connectivity index (χ0) is 18.8. The number of hydrogen-bond donors (Lipinski definition) is 1. The van der Waals surface area contributed by atoms with E-state index in [9.17, 15) is 9.59 Å². The van der Waals surface area contributed by atoms with Gasteiger partial charge in [0.2, 0.25) is 5.91 Å². The van der Waals surface area contributed by atoms with E-state index in [1.807, 2.05) is 29.6 Å². The van der Waals surface area contributed by atoms with Crippen LogP contribution in [0.3, 0.4) is 0 Å². The molecule has 0 fully saturated rings. The van der Waals surface area contributed by atoms with Crippen molar-refractivity contribution in [2.45, 2.75) is 38.5 Å². The van der Waals surface area contributed by atoms with Gasteiger partial charge in [-0.05, 0) is 25.0 Å². The lowest BCUT2D eigenvalue weighted by Crippen LogP contribution is -2.26. The number of thiazole rings is 1. The topological polar surface area (TPSA) is 68.3 Å². The lowest BCUT2D eigenvalue weighted by Gasteiger charge is -2.04. The Hall–Kier alpha value is -1.73. The van der Waals surface area contributed by atoms with Crippen LogP contribution in [0.4, 0.5) is 0 Å². The third-order valence-corrected chi connectivity index (χ3v) is 5.26. The Balaban J connectivity index is 1.65. The molecule has 0 aliphatic heterocycles. The Morgan fingerprint density at radius 1 is 1.23 bits per heavy atom. The number of esters is 1. The summed E-state index contributed by atoms with van der Waals surface area (Å²) >= 11 is 5.00. The number of ether oxygens (including phenoxy) is 1. The van der Waals surface area contributed by atoms with Crippen molar-refractivity contribution in [2.75, 3.05) is 13.7 Å². The maximum Gasteiger partial charge on any atom is 0.305 e. The highest BCUT2D eigenvalue weighted by molar-refractivity contribution is 9.10. The zero-order valence-corrected chi connectivity index (χ0v) is 17.2. The SMILES string of the molecule is COC(=O)CCCCCCNC(=O)Cc1csc(-c2cccc(Br)c2)n1. The summed E-state index contributed by atoms with van der Waals surface area (Å²) < 4.78 is 5.61. The second-order valence-corrected chi connectivity index (χ2v) is 7.70. The minimum atomic E-state index is -0.163. The van der Waals surface area contributed by atoms with Crippen molar-refractivity contribution in [1.29, 1.82) is 0 Å². The van der Waals surface area contributed by atoms with Crippen molar-refractivity contribution in [1.82, 2.24) is 10.3 Å². The number of rotatable bonds is 10. The van der Waals surface area contributed by atoms with Crippen LogP contribution in [0.1, 0.15) is 37.8 Å². The summed E-state index contributed by atoms with van der Waals surface area (Å²) in [7, 11) is 1.40. The first-order chi connectivity index (χ1) is 12.6. The Morgan fingerprint density at radius 2 is 2.04 bits per heavy atom. The third kappa shape index (κ3) is 7.25. The first kappa shape index (κ1) is 20.6. The Kier molecular flexibility index (Phi) is 8.77. The second-order valence-electron chi connectivity index (χ2n) is 5.92. The van der Waals surface area contributed by atoms with Crippen molar-refractivity contribution < 1.29 is 14.3 Å². The highest BCUT2D eigenvalue weighted by atomic mass is 79.9. The van der Waals surface area contributed by atoms with E-state index < -0.39 is 0 Å². The number of amides is 1. The lowest BCUT2D eigenvalue weighted by molar-refractivity contribution is -0.140. The average molecular weight is 439 g/mol. The number of carbonyl (C=O) groups is 2. The molecule has 140 valence electrons. The number of methoxy groups -OCH3 is 1. The van der Waals surface area contributed by atoms with Gasteiger partial charge in [-0.1, -0.05) is 40.9 Å². The van der Waals surface area contributed by atoms with Crippen LogP contribution in [0, 0.1) is 0 Å². The maximum atomic E-state index is 12.0. The normalized spacial score (nSPS) is 10.5. The maximum absolute atomic E-state index is 12.0. The largest absolute Gasteiger partial charge is 0.469 e. The molecule has 2 aromatic rings. The quantitative estimate of drug-likeness (QED) is 0.441. The van der Waals surface area contributed by atoms with Gasteiger partial charge in [-0.3, -0.25) is 9.59 Å². The van der Waals surface area contributed by atoms with Gasteiger partial charge in [-0.15, -0.1) is 11.3 Å². The molecule has 1 heterocycles. The van der Waals surface area contributed by atoms with Gasteiger partial charge in [-0.25, -0.2) is 4.98 Å². The van der Waals surface area contributed by atoms with E-state index in [2.05, 4.69) is 31.0 Å². The van der Waals surface area contributed by atoms with Gasteiger partial charge in [0.1, 0.15) is 5.01 Å². The van der Waals surface area contributed by atoms with Crippen LogP contribution in [-0.4, -0.2) is 30.5 Å². The third-order valence-electron chi connectivity index (χ3n) is 3.82. The Morgan fingerprint density at radius 3 is 2.81 bits per heavy atom. The molecule has 0 saturated heterocycles. The van der Waals surface area contributed by atoms with Crippen LogP contribution < -0.4 is 5.32 Å². The number of aromatic nitrogens is 1. The number of carbonyl (C=O) groups excluding carboxylic acids is 2. The van der Waals surface area contributed by atoms with E-state index in [4.69, 9.17) is 0 Å². The van der Waals surface area contributed by atoms with Crippen molar-refractivity contribution >= 4 is 39.1 Å². The van der Waals surface area contributed by atoms with Crippen LogP contribution in [0.15, 0.2) is 34.1 Å². The standard InChI is InChI=1S/C19H23BrN2O3S/c1-25-18(24)9-4-2-3-5-10-21-17(23)12-16-13-26-19(22-16)14-7-6-8-15(20)11-14/h6-8,11,13H,2-5,9-10,12H2,1H3,(H,21,23). The van der Waals surface area contributed by atoms with E-state index in [0.29, 0.717) is 19.4 Å². The van der Waals surface area contributed by atoms with E-state index in [-0.39, 0.29) is 11.9 Å². The number of nitrogens with one attached hydrogen (secondary N) is 1. The molecular weight excluding hydrogens is 416 g/mol. The minimum absolute atomic E-state index is 0.00865. The monoisotopic (exact) mass is 438 g/mol. The fourth-order valence-electron chi connectivity index (χ4n) is 2.45. The van der Waals surface area contributed by atoms with Crippen molar-refractivity contribution in [3.8, 4) is 10.6 Å². The summed E-state index contributed by atoms with van der Waals surface area (Å²) in [5.74, 6) is -0.172. The molecule has 1 aromatic heterocycles. The summed E-state index contributed by atoms with van der Waals surface area (Å²) in [5, 5.41) is 5.78. The van der Waals surface area contributed by atoms with Crippen LogP contribution in [0.5, 0.6) is 0 Å².